The number of carbonyl (C=O) groups excluding carboxylic acids is 1. The molecule has 0 unspecified atom stereocenters. The van der Waals surface area contributed by atoms with Gasteiger partial charge in [0.25, 0.3) is 4.74 Å². The molecule has 5 heteroatoms. The van der Waals surface area contributed by atoms with Gasteiger partial charge in [0.15, 0.2) is 0 Å². The maximum atomic E-state index is 11.5. The number of aromatic nitrogens is 1. The first kappa shape index (κ1) is 9.92. The van der Waals surface area contributed by atoms with Crippen molar-refractivity contribution in [2.45, 2.75) is 13.0 Å². The molecule has 2 rings (SSSR count). The average molecular weight is 222 g/mol. The SMILES string of the molecule is NC(=O)CCn1sc(=O)c2ccccc21. The van der Waals surface area contributed by atoms with E-state index < -0.39 is 0 Å². The van der Waals surface area contributed by atoms with E-state index in [0.717, 1.165) is 17.0 Å². The number of carbonyl (C=O) groups is 1. The van der Waals surface area contributed by atoms with Gasteiger partial charge in [-0.1, -0.05) is 12.1 Å². The highest BCUT2D eigenvalue weighted by atomic mass is 32.1. The number of hydrogen-bond acceptors (Lipinski definition) is 3. The number of nitrogens with zero attached hydrogens (tertiary/aromatic N) is 1. The van der Waals surface area contributed by atoms with E-state index in [1.807, 2.05) is 22.2 Å². The molecule has 15 heavy (non-hydrogen) atoms. The molecule has 1 aromatic heterocycles. The Hall–Kier alpha value is -1.62. The van der Waals surface area contributed by atoms with Crippen LogP contribution < -0.4 is 10.5 Å². The third kappa shape index (κ3) is 1.92. The lowest BCUT2D eigenvalue weighted by atomic mass is 10.2. The zero-order valence-electron chi connectivity index (χ0n) is 7.97. The van der Waals surface area contributed by atoms with Crippen molar-refractivity contribution in [2.75, 3.05) is 0 Å². The summed E-state index contributed by atoms with van der Waals surface area (Å²) in [6.45, 7) is 0.475. The van der Waals surface area contributed by atoms with Gasteiger partial charge in [0, 0.05) is 13.0 Å². The van der Waals surface area contributed by atoms with Crippen LogP contribution in [0.4, 0.5) is 0 Å². The molecule has 0 saturated carbocycles. The van der Waals surface area contributed by atoms with Gasteiger partial charge in [0.1, 0.15) is 0 Å². The predicted molar refractivity (Wildman–Crippen MR) is 59.9 cm³/mol. The number of rotatable bonds is 3. The molecule has 2 N–H and O–H groups in total. The number of aryl methyl sites for hydroxylation is 1. The first-order valence-corrected chi connectivity index (χ1v) is 5.33. The monoisotopic (exact) mass is 222 g/mol. The van der Waals surface area contributed by atoms with E-state index in [0.29, 0.717) is 11.9 Å². The first-order valence-electron chi connectivity index (χ1n) is 4.55. The third-order valence-corrected chi connectivity index (χ3v) is 3.13. The summed E-state index contributed by atoms with van der Waals surface area (Å²) in [6, 6.07) is 7.35. The van der Waals surface area contributed by atoms with Crippen molar-refractivity contribution in [2.24, 2.45) is 5.73 Å². The van der Waals surface area contributed by atoms with E-state index >= 15 is 0 Å². The van der Waals surface area contributed by atoms with Crippen LogP contribution in [0.2, 0.25) is 0 Å². The Labute approximate surface area is 90.1 Å². The molecule has 0 aliphatic heterocycles. The van der Waals surface area contributed by atoms with Gasteiger partial charge in [0.2, 0.25) is 5.91 Å². The molecule has 0 aliphatic carbocycles. The van der Waals surface area contributed by atoms with E-state index in [1.54, 1.807) is 6.07 Å². The maximum absolute atomic E-state index is 11.5. The van der Waals surface area contributed by atoms with Crippen molar-refractivity contribution in [3.05, 3.63) is 33.8 Å². The van der Waals surface area contributed by atoms with Crippen LogP contribution in [-0.2, 0) is 11.3 Å². The Morgan fingerprint density at radius 3 is 2.87 bits per heavy atom. The van der Waals surface area contributed by atoms with E-state index in [-0.39, 0.29) is 17.1 Å². The van der Waals surface area contributed by atoms with Crippen molar-refractivity contribution < 1.29 is 4.79 Å². The Morgan fingerprint density at radius 2 is 2.13 bits per heavy atom. The fraction of sp³-hybridized carbons (Fsp3) is 0.200. The molecule has 1 heterocycles. The Bertz CT molecular complexity index is 556. The summed E-state index contributed by atoms with van der Waals surface area (Å²) in [7, 11) is 0. The number of nitrogens with two attached hydrogens (primary N) is 1. The summed E-state index contributed by atoms with van der Waals surface area (Å²) in [6.07, 6.45) is 0.259. The standard InChI is InChI=1S/C10H10N2O2S/c11-9(13)5-6-12-8-4-2-1-3-7(8)10(14)15-12/h1-4H,5-6H2,(H2,11,13). The van der Waals surface area contributed by atoms with Gasteiger partial charge >= 0.3 is 0 Å². The van der Waals surface area contributed by atoms with Gasteiger partial charge in [0.05, 0.1) is 10.9 Å². The van der Waals surface area contributed by atoms with Crippen LogP contribution >= 0.6 is 11.5 Å². The first-order chi connectivity index (χ1) is 7.18. The average Bonchev–Trinajstić information content (AvgIpc) is 2.54. The molecule has 0 radical (unpaired) electrons. The molecule has 0 atom stereocenters. The minimum atomic E-state index is -0.354. The van der Waals surface area contributed by atoms with E-state index in [2.05, 4.69) is 0 Å². The molecule has 4 nitrogen and oxygen atoms in total. The van der Waals surface area contributed by atoms with Crippen molar-refractivity contribution >= 4 is 28.3 Å². The fourth-order valence-corrected chi connectivity index (χ4v) is 2.35. The molecule has 1 aromatic carbocycles. The largest absolute Gasteiger partial charge is 0.370 e. The second kappa shape index (κ2) is 3.86. The Balaban J connectivity index is 2.43. The lowest BCUT2D eigenvalue weighted by Crippen LogP contribution is -2.13. The maximum Gasteiger partial charge on any atom is 0.257 e. The molecule has 0 spiro atoms. The number of para-hydroxylation sites is 1. The van der Waals surface area contributed by atoms with E-state index in [9.17, 15) is 9.59 Å². The van der Waals surface area contributed by atoms with Crippen LogP contribution in [0.1, 0.15) is 6.42 Å². The zero-order valence-corrected chi connectivity index (χ0v) is 8.79. The fourth-order valence-electron chi connectivity index (χ4n) is 1.44. The highest BCUT2D eigenvalue weighted by Gasteiger charge is 2.06. The van der Waals surface area contributed by atoms with Crippen LogP contribution in [0.3, 0.4) is 0 Å². The van der Waals surface area contributed by atoms with Gasteiger partial charge in [-0.2, -0.15) is 0 Å². The number of benzene rings is 1. The summed E-state index contributed by atoms with van der Waals surface area (Å²) in [5.41, 5.74) is 5.93. The number of primary amides is 1. The van der Waals surface area contributed by atoms with Crippen molar-refractivity contribution in [1.82, 2.24) is 3.96 Å². The van der Waals surface area contributed by atoms with E-state index in [1.165, 1.54) is 0 Å². The van der Waals surface area contributed by atoms with Crippen LogP contribution in [0, 0.1) is 0 Å². The molecule has 78 valence electrons. The van der Waals surface area contributed by atoms with Gasteiger partial charge < -0.3 is 5.73 Å². The second-order valence-corrected chi connectivity index (χ2v) is 4.21. The normalized spacial score (nSPS) is 10.7. The summed E-state index contributed by atoms with van der Waals surface area (Å²) in [4.78, 5) is 22.2. The van der Waals surface area contributed by atoms with E-state index in [4.69, 9.17) is 5.73 Å². The lowest BCUT2D eigenvalue weighted by Gasteiger charge is -2.00. The zero-order chi connectivity index (χ0) is 10.8. The summed E-state index contributed by atoms with van der Waals surface area (Å²) in [5, 5.41) is 0.701. The van der Waals surface area contributed by atoms with Crippen LogP contribution in [0.15, 0.2) is 29.1 Å². The van der Waals surface area contributed by atoms with Crippen molar-refractivity contribution in [3.63, 3.8) is 0 Å². The Kier molecular flexibility index (Phi) is 2.55. The van der Waals surface area contributed by atoms with Crippen LogP contribution in [-0.4, -0.2) is 9.86 Å². The second-order valence-electron chi connectivity index (χ2n) is 3.21. The molecule has 0 saturated heterocycles. The highest BCUT2D eigenvalue weighted by Crippen LogP contribution is 2.14. The van der Waals surface area contributed by atoms with Gasteiger partial charge in [-0.3, -0.25) is 13.5 Å². The van der Waals surface area contributed by atoms with Crippen molar-refractivity contribution in [3.8, 4) is 0 Å². The van der Waals surface area contributed by atoms with Gasteiger partial charge in [-0.05, 0) is 23.7 Å². The molecule has 2 aromatic rings. The quantitative estimate of drug-likeness (QED) is 0.839. The van der Waals surface area contributed by atoms with Crippen molar-refractivity contribution in [1.29, 1.82) is 0 Å². The predicted octanol–water partition coefficient (Wildman–Crippen LogP) is 0.938. The molecule has 1 amide bonds. The molecular formula is C10H10N2O2S. The van der Waals surface area contributed by atoms with Gasteiger partial charge in [-0.25, -0.2) is 0 Å². The van der Waals surface area contributed by atoms with Crippen LogP contribution in [0.5, 0.6) is 0 Å². The third-order valence-electron chi connectivity index (χ3n) is 2.15. The highest BCUT2D eigenvalue weighted by molar-refractivity contribution is 7.05. The summed E-state index contributed by atoms with van der Waals surface area (Å²) >= 11 is 1.12. The smallest absolute Gasteiger partial charge is 0.257 e. The Morgan fingerprint density at radius 1 is 1.40 bits per heavy atom. The summed E-state index contributed by atoms with van der Waals surface area (Å²) in [5.74, 6) is -0.354. The number of hydrogen-bond donors (Lipinski definition) is 1. The summed E-state index contributed by atoms with van der Waals surface area (Å²) < 4.78 is 1.83. The molecule has 0 bridgehead atoms. The van der Waals surface area contributed by atoms with Gasteiger partial charge in [-0.15, -0.1) is 0 Å². The number of fused-ring (bicyclic) bond motifs is 1. The minimum Gasteiger partial charge on any atom is -0.370 e. The lowest BCUT2D eigenvalue weighted by molar-refractivity contribution is -0.118. The minimum absolute atomic E-state index is 0.0232. The molecule has 0 aliphatic rings. The molecular weight excluding hydrogens is 212 g/mol. The van der Waals surface area contributed by atoms with Crippen LogP contribution in [0.25, 0.3) is 10.9 Å². The topological polar surface area (TPSA) is 65.1 Å². The number of amides is 1. The molecule has 0 fully saturated rings.